The molecule has 1 aliphatic rings. The van der Waals surface area contributed by atoms with Gasteiger partial charge in [0.15, 0.2) is 11.6 Å². The minimum absolute atomic E-state index is 0.219. The van der Waals surface area contributed by atoms with Gasteiger partial charge in [0.2, 0.25) is 0 Å². The maximum absolute atomic E-state index is 13.7. The number of aliphatic carboxylic acids is 1. The van der Waals surface area contributed by atoms with E-state index in [4.69, 9.17) is 11.6 Å². The number of imide groups is 1. The first-order valence-electron chi connectivity index (χ1n) is 9.17. The molecular weight excluding hydrogens is 474 g/mol. The van der Waals surface area contributed by atoms with E-state index < -0.39 is 71.0 Å². The Hall–Kier alpha value is -3.67. The van der Waals surface area contributed by atoms with Crippen LogP contribution in [0, 0.1) is 11.6 Å². The zero-order valence-corrected chi connectivity index (χ0v) is 17.1. The number of carboxylic acid groups (broad SMARTS) is 1. The van der Waals surface area contributed by atoms with E-state index in [2.05, 4.69) is 5.32 Å². The normalized spacial score (nSPS) is 16.9. The number of nitrogens with zero attached hydrogens (tertiary/aromatic N) is 1. The Morgan fingerprint density at radius 3 is 2.36 bits per heavy atom. The molecule has 0 saturated carbocycles. The van der Waals surface area contributed by atoms with Gasteiger partial charge in [-0.25, -0.2) is 27.2 Å². The zero-order chi connectivity index (χ0) is 24.5. The van der Waals surface area contributed by atoms with Crippen LogP contribution in [0.5, 0.6) is 0 Å². The predicted octanol–water partition coefficient (Wildman–Crippen LogP) is 3.51. The molecule has 1 unspecified atom stereocenters. The molecule has 2 aromatic rings. The molecule has 0 aliphatic carbocycles. The summed E-state index contributed by atoms with van der Waals surface area (Å²) in [7, 11) is 0. The molecule has 174 valence electrons. The Labute approximate surface area is 188 Å². The fraction of sp³-hybridized carbons (Fsp3) is 0.200. The lowest BCUT2D eigenvalue weighted by atomic mass is 10.1. The molecule has 33 heavy (non-hydrogen) atoms. The fourth-order valence-corrected chi connectivity index (χ4v) is 3.44. The van der Waals surface area contributed by atoms with Crippen LogP contribution < -0.4 is 10.6 Å². The smallest absolute Gasteiger partial charge is 0.326 e. The van der Waals surface area contributed by atoms with E-state index in [0.717, 1.165) is 0 Å². The number of carbonyl (C=O) groups is 4. The molecule has 4 amide bonds. The first kappa shape index (κ1) is 24.0. The van der Waals surface area contributed by atoms with Crippen molar-refractivity contribution < 1.29 is 41.8 Å². The van der Waals surface area contributed by atoms with E-state index in [1.54, 1.807) is 5.32 Å². The molecule has 1 fully saturated rings. The summed E-state index contributed by atoms with van der Waals surface area (Å²) in [5.41, 5.74) is -1.07. The maximum Gasteiger partial charge on any atom is 0.326 e. The summed E-state index contributed by atoms with van der Waals surface area (Å²) in [5.74, 6) is -9.97. The van der Waals surface area contributed by atoms with Crippen molar-refractivity contribution in [3.05, 3.63) is 64.2 Å². The monoisotopic (exact) mass is 487 g/mol. The zero-order valence-electron chi connectivity index (χ0n) is 16.4. The Morgan fingerprint density at radius 2 is 1.70 bits per heavy atom. The van der Waals surface area contributed by atoms with Gasteiger partial charge in [-0.3, -0.25) is 14.9 Å². The molecule has 1 heterocycles. The first-order chi connectivity index (χ1) is 15.4. The highest BCUT2D eigenvalue weighted by molar-refractivity contribution is 6.34. The maximum atomic E-state index is 13.7. The minimum atomic E-state index is -3.41. The van der Waals surface area contributed by atoms with E-state index in [0.29, 0.717) is 17.0 Å². The average molecular weight is 488 g/mol. The van der Waals surface area contributed by atoms with Gasteiger partial charge in [0, 0.05) is 6.42 Å². The van der Waals surface area contributed by atoms with Gasteiger partial charge < -0.3 is 15.3 Å². The molecule has 0 bridgehead atoms. The SMILES string of the molecule is O=C(NC(=O)c1cc(F)c(F)cc1Cl)Nc1ccccc1C(=O)N1CC(F)(F)CC1C(=O)O. The average Bonchev–Trinajstić information content (AvgIpc) is 3.06. The molecule has 3 rings (SSSR count). The van der Waals surface area contributed by atoms with Crippen LogP contribution in [-0.2, 0) is 4.79 Å². The number of rotatable bonds is 4. The molecule has 0 radical (unpaired) electrons. The Balaban J connectivity index is 1.79. The number of amides is 4. The van der Waals surface area contributed by atoms with Crippen molar-refractivity contribution in [3.63, 3.8) is 0 Å². The molecule has 8 nitrogen and oxygen atoms in total. The number of carbonyl (C=O) groups excluding carboxylic acids is 3. The van der Waals surface area contributed by atoms with E-state index >= 15 is 0 Å². The molecule has 1 atom stereocenters. The van der Waals surface area contributed by atoms with Crippen molar-refractivity contribution in [2.24, 2.45) is 0 Å². The first-order valence-corrected chi connectivity index (χ1v) is 9.55. The summed E-state index contributed by atoms with van der Waals surface area (Å²) in [6, 6.07) is 3.17. The lowest BCUT2D eigenvalue weighted by molar-refractivity contribution is -0.141. The van der Waals surface area contributed by atoms with E-state index in [1.807, 2.05) is 0 Å². The van der Waals surface area contributed by atoms with Crippen molar-refractivity contribution in [2.45, 2.75) is 18.4 Å². The van der Waals surface area contributed by atoms with Gasteiger partial charge in [0.25, 0.3) is 17.7 Å². The fourth-order valence-electron chi connectivity index (χ4n) is 3.20. The molecule has 0 spiro atoms. The van der Waals surface area contributed by atoms with Crippen LogP contribution in [0.2, 0.25) is 5.02 Å². The van der Waals surface area contributed by atoms with Gasteiger partial charge >= 0.3 is 12.0 Å². The van der Waals surface area contributed by atoms with Crippen LogP contribution >= 0.6 is 11.6 Å². The van der Waals surface area contributed by atoms with Crippen molar-refractivity contribution in [3.8, 4) is 0 Å². The Kier molecular flexibility index (Phi) is 6.58. The molecule has 1 aliphatic heterocycles. The second-order valence-electron chi connectivity index (χ2n) is 7.05. The summed E-state index contributed by atoms with van der Waals surface area (Å²) in [6.45, 7) is -1.13. The van der Waals surface area contributed by atoms with Crippen molar-refractivity contribution in [1.29, 1.82) is 0 Å². The van der Waals surface area contributed by atoms with Crippen molar-refractivity contribution in [2.75, 3.05) is 11.9 Å². The van der Waals surface area contributed by atoms with Gasteiger partial charge in [0.05, 0.1) is 28.4 Å². The lowest BCUT2D eigenvalue weighted by Crippen LogP contribution is -2.41. The van der Waals surface area contributed by atoms with Crippen LogP contribution in [0.4, 0.5) is 28.0 Å². The summed E-state index contributed by atoms with van der Waals surface area (Å²) < 4.78 is 54.0. The number of benzene rings is 2. The highest BCUT2D eigenvalue weighted by Gasteiger charge is 2.50. The van der Waals surface area contributed by atoms with E-state index in [-0.39, 0.29) is 11.3 Å². The van der Waals surface area contributed by atoms with Gasteiger partial charge in [-0.05, 0) is 24.3 Å². The largest absolute Gasteiger partial charge is 0.480 e. The number of alkyl halides is 2. The number of nitrogens with one attached hydrogen (secondary N) is 2. The third kappa shape index (κ3) is 5.22. The third-order valence-electron chi connectivity index (χ3n) is 4.70. The molecule has 2 aromatic carbocycles. The number of para-hydroxylation sites is 1. The minimum Gasteiger partial charge on any atom is -0.480 e. The van der Waals surface area contributed by atoms with Crippen LogP contribution in [-0.4, -0.2) is 52.3 Å². The standard InChI is InChI=1S/C20H14ClF4N3O5/c21-11-6-13(23)12(22)5-10(11)16(29)27-19(33)26-14-4-2-1-3-9(14)17(30)28-8-20(24,25)7-15(28)18(31)32/h1-6,15H,7-8H2,(H,31,32)(H2,26,27,29,33). The van der Waals surface area contributed by atoms with Gasteiger partial charge in [-0.1, -0.05) is 23.7 Å². The highest BCUT2D eigenvalue weighted by atomic mass is 35.5. The Morgan fingerprint density at radius 1 is 1.06 bits per heavy atom. The third-order valence-corrected chi connectivity index (χ3v) is 5.02. The second kappa shape index (κ2) is 9.06. The molecular formula is C20H14ClF4N3O5. The second-order valence-corrected chi connectivity index (χ2v) is 7.45. The summed E-state index contributed by atoms with van der Waals surface area (Å²) in [4.78, 5) is 49.0. The number of likely N-dealkylation sites (tertiary alicyclic amines) is 1. The number of hydrogen-bond donors (Lipinski definition) is 3. The molecule has 1 saturated heterocycles. The number of hydrogen-bond acceptors (Lipinski definition) is 4. The summed E-state index contributed by atoms with van der Waals surface area (Å²) in [5, 5.41) is 12.7. The summed E-state index contributed by atoms with van der Waals surface area (Å²) >= 11 is 5.68. The van der Waals surface area contributed by atoms with Crippen LogP contribution in [0.1, 0.15) is 27.1 Å². The highest BCUT2D eigenvalue weighted by Crippen LogP contribution is 2.34. The number of urea groups is 1. The van der Waals surface area contributed by atoms with Gasteiger partial charge in [-0.2, -0.15) is 0 Å². The van der Waals surface area contributed by atoms with Gasteiger partial charge in [0.1, 0.15) is 6.04 Å². The Bertz CT molecular complexity index is 1160. The predicted molar refractivity (Wildman–Crippen MR) is 106 cm³/mol. The van der Waals surface area contributed by atoms with Crippen LogP contribution in [0.15, 0.2) is 36.4 Å². The molecule has 13 heteroatoms. The van der Waals surface area contributed by atoms with Crippen LogP contribution in [0.3, 0.4) is 0 Å². The number of halogens is 5. The van der Waals surface area contributed by atoms with E-state index in [1.165, 1.54) is 24.3 Å². The number of carboxylic acids is 1. The van der Waals surface area contributed by atoms with Crippen molar-refractivity contribution >= 4 is 41.1 Å². The number of anilines is 1. The van der Waals surface area contributed by atoms with Crippen molar-refractivity contribution in [1.82, 2.24) is 10.2 Å². The summed E-state index contributed by atoms with van der Waals surface area (Å²) in [6.07, 6.45) is -1.06. The molecule has 3 N–H and O–H groups in total. The molecule has 0 aromatic heterocycles. The van der Waals surface area contributed by atoms with E-state index in [9.17, 15) is 41.8 Å². The van der Waals surface area contributed by atoms with Crippen LogP contribution in [0.25, 0.3) is 0 Å². The topological polar surface area (TPSA) is 116 Å². The lowest BCUT2D eigenvalue weighted by Gasteiger charge is -2.22. The quantitative estimate of drug-likeness (QED) is 0.451. The van der Waals surface area contributed by atoms with Gasteiger partial charge in [-0.15, -0.1) is 0 Å².